The van der Waals surface area contributed by atoms with Crippen molar-refractivity contribution in [1.29, 1.82) is 0 Å². The number of para-hydroxylation sites is 1. The summed E-state index contributed by atoms with van der Waals surface area (Å²) in [7, 11) is 0. The number of anilines is 1. The van der Waals surface area contributed by atoms with Crippen LogP contribution < -0.4 is 10.1 Å². The average molecular weight is 395 g/mol. The highest BCUT2D eigenvalue weighted by Crippen LogP contribution is 2.21. The Kier molecular flexibility index (Phi) is 6.91. The summed E-state index contributed by atoms with van der Waals surface area (Å²) in [5.74, 6) is 1.26. The van der Waals surface area contributed by atoms with E-state index in [4.69, 9.17) is 4.74 Å². The highest BCUT2D eigenvalue weighted by Gasteiger charge is 2.22. The molecule has 1 aliphatic rings. The van der Waals surface area contributed by atoms with Crippen molar-refractivity contribution in [3.63, 3.8) is 0 Å². The molecule has 1 unspecified atom stereocenters. The van der Waals surface area contributed by atoms with E-state index in [-0.39, 0.29) is 11.8 Å². The van der Waals surface area contributed by atoms with Crippen molar-refractivity contribution in [2.45, 2.75) is 46.1 Å². The smallest absolute Gasteiger partial charge is 0.265 e. The highest BCUT2D eigenvalue weighted by atomic mass is 16.5. The maximum absolute atomic E-state index is 12.6. The first-order chi connectivity index (χ1) is 14.0. The molecule has 29 heavy (non-hydrogen) atoms. The third kappa shape index (κ3) is 5.37. The van der Waals surface area contributed by atoms with Crippen molar-refractivity contribution in [1.82, 2.24) is 4.90 Å². The summed E-state index contributed by atoms with van der Waals surface area (Å²) in [6, 6.07) is 14.8. The first kappa shape index (κ1) is 20.9. The molecule has 1 aliphatic heterocycles. The lowest BCUT2D eigenvalue weighted by Crippen LogP contribution is -2.37. The lowest BCUT2D eigenvalue weighted by Gasteiger charge is -2.30. The minimum Gasteiger partial charge on any atom is -0.480 e. The molecule has 154 valence electrons. The van der Waals surface area contributed by atoms with E-state index in [2.05, 4.69) is 12.2 Å². The molecule has 0 aromatic heterocycles. The maximum atomic E-state index is 12.6. The molecule has 2 amide bonds. The molecular weight excluding hydrogens is 364 g/mol. The van der Waals surface area contributed by atoms with Gasteiger partial charge in [0.2, 0.25) is 0 Å². The largest absolute Gasteiger partial charge is 0.480 e. The monoisotopic (exact) mass is 394 g/mol. The zero-order valence-corrected chi connectivity index (χ0v) is 17.5. The number of amides is 2. The SMILES string of the molecule is CCC(Oc1ccccc1C)C(=O)Nc1ccc(C(=O)N2CCC(C)CC2)cc1. The molecule has 5 heteroatoms. The molecule has 0 bridgehead atoms. The Balaban J connectivity index is 1.60. The van der Waals surface area contributed by atoms with Gasteiger partial charge >= 0.3 is 0 Å². The van der Waals surface area contributed by atoms with E-state index < -0.39 is 6.10 Å². The van der Waals surface area contributed by atoms with E-state index in [0.29, 0.717) is 29.3 Å². The fourth-order valence-electron chi connectivity index (χ4n) is 3.48. The first-order valence-electron chi connectivity index (χ1n) is 10.4. The van der Waals surface area contributed by atoms with Crippen molar-refractivity contribution in [3.05, 3.63) is 59.7 Å². The number of carbonyl (C=O) groups excluding carboxylic acids is 2. The second-order valence-electron chi connectivity index (χ2n) is 7.82. The number of rotatable bonds is 6. The number of hydrogen-bond donors (Lipinski definition) is 1. The zero-order chi connectivity index (χ0) is 20.8. The van der Waals surface area contributed by atoms with E-state index in [1.54, 1.807) is 24.3 Å². The number of likely N-dealkylation sites (tertiary alicyclic amines) is 1. The number of hydrogen-bond acceptors (Lipinski definition) is 3. The maximum Gasteiger partial charge on any atom is 0.265 e. The Hall–Kier alpha value is -2.82. The molecule has 1 N–H and O–H groups in total. The second kappa shape index (κ2) is 9.59. The number of nitrogens with one attached hydrogen (secondary N) is 1. The number of nitrogens with zero attached hydrogens (tertiary/aromatic N) is 1. The number of piperidine rings is 1. The number of ether oxygens (including phenoxy) is 1. The van der Waals surface area contributed by atoms with Gasteiger partial charge in [0.05, 0.1) is 0 Å². The standard InChI is InChI=1S/C24H30N2O3/c1-4-21(29-22-8-6-5-7-18(22)3)23(27)25-20-11-9-19(10-12-20)24(28)26-15-13-17(2)14-16-26/h5-12,17,21H,4,13-16H2,1-3H3,(H,25,27). The van der Waals surface area contributed by atoms with Crippen LogP contribution in [0.2, 0.25) is 0 Å². The van der Waals surface area contributed by atoms with Crippen molar-refractivity contribution in [2.24, 2.45) is 5.92 Å². The van der Waals surface area contributed by atoms with Gasteiger partial charge in [-0.3, -0.25) is 9.59 Å². The quantitative estimate of drug-likeness (QED) is 0.775. The van der Waals surface area contributed by atoms with Gasteiger partial charge in [0.1, 0.15) is 5.75 Å². The van der Waals surface area contributed by atoms with Gasteiger partial charge in [-0.25, -0.2) is 0 Å². The van der Waals surface area contributed by atoms with E-state index >= 15 is 0 Å². The van der Waals surface area contributed by atoms with Gasteiger partial charge < -0.3 is 15.0 Å². The van der Waals surface area contributed by atoms with Crippen LogP contribution in [0.1, 0.15) is 49.0 Å². The van der Waals surface area contributed by atoms with Crippen molar-refractivity contribution >= 4 is 17.5 Å². The molecule has 1 heterocycles. The Morgan fingerprint density at radius 2 is 1.76 bits per heavy atom. The summed E-state index contributed by atoms with van der Waals surface area (Å²) >= 11 is 0. The highest BCUT2D eigenvalue weighted by molar-refractivity contribution is 5.97. The summed E-state index contributed by atoms with van der Waals surface area (Å²) in [6.07, 6.45) is 2.09. The van der Waals surface area contributed by atoms with E-state index in [0.717, 1.165) is 31.5 Å². The minimum absolute atomic E-state index is 0.0593. The van der Waals surface area contributed by atoms with Crippen LogP contribution in [0.4, 0.5) is 5.69 Å². The Morgan fingerprint density at radius 3 is 2.38 bits per heavy atom. The summed E-state index contributed by atoms with van der Waals surface area (Å²) in [4.78, 5) is 27.2. The number of aryl methyl sites for hydroxylation is 1. The summed E-state index contributed by atoms with van der Waals surface area (Å²) in [5.41, 5.74) is 2.31. The summed E-state index contributed by atoms with van der Waals surface area (Å²) < 4.78 is 5.91. The van der Waals surface area contributed by atoms with Gasteiger partial charge in [0.15, 0.2) is 6.10 Å². The molecule has 1 atom stereocenters. The predicted molar refractivity (Wildman–Crippen MR) is 115 cm³/mol. The van der Waals surface area contributed by atoms with Crippen LogP contribution in [0.25, 0.3) is 0 Å². The second-order valence-corrected chi connectivity index (χ2v) is 7.82. The van der Waals surface area contributed by atoms with Crippen LogP contribution >= 0.6 is 0 Å². The van der Waals surface area contributed by atoms with Gasteiger partial charge in [-0.15, -0.1) is 0 Å². The van der Waals surface area contributed by atoms with Gasteiger partial charge in [0.25, 0.3) is 11.8 Å². The third-order valence-electron chi connectivity index (χ3n) is 5.50. The third-order valence-corrected chi connectivity index (χ3v) is 5.50. The van der Waals surface area contributed by atoms with Crippen LogP contribution in [0.15, 0.2) is 48.5 Å². The van der Waals surface area contributed by atoms with Gasteiger partial charge in [-0.05, 0) is 68.0 Å². The molecule has 2 aromatic rings. The fraction of sp³-hybridized carbons (Fsp3) is 0.417. The number of benzene rings is 2. The average Bonchev–Trinajstić information content (AvgIpc) is 2.73. The molecule has 0 radical (unpaired) electrons. The van der Waals surface area contributed by atoms with Crippen molar-refractivity contribution in [3.8, 4) is 5.75 Å². The van der Waals surface area contributed by atoms with Gasteiger partial charge in [-0.1, -0.05) is 32.0 Å². The van der Waals surface area contributed by atoms with Crippen molar-refractivity contribution < 1.29 is 14.3 Å². The molecule has 2 aromatic carbocycles. The molecule has 5 nitrogen and oxygen atoms in total. The normalized spacial score (nSPS) is 15.6. The lowest BCUT2D eigenvalue weighted by atomic mass is 9.98. The van der Waals surface area contributed by atoms with Crippen LogP contribution in [0.5, 0.6) is 5.75 Å². The molecular formula is C24H30N2O3. The van der Waals surface area contributed by atoms with Gasteiger partial charge in [-0.2, -0.15) is 0 Å². The van der Waals surface area contributed by atoms with Crippen LogP contribution in [-0.2, 0) is 4.79 Å². The summed E-state index contributed by atoms with van der Waals surface area (Å²) in [5, 5.41) is 2.90. The molecule has 0 saturated carbocycles. The molecule has 1 fully saturated rings. The fourth-order valence-corrected chi connectivity index (χ4v) is 3.48. The number of carbonyl (C=O) groups is 2. The predicted octanol–water partition coefficient (Wildman–Crippen LogP) is 4.66. The first-order valence-corrected chi connectivity index (χ1v) is 10.4. The van der Waals surface area contributed by atoms with Crippen LogP contribution in [0, 0.1) is 12.8 Å². The molecule has 0 aliphatic carbocycles. The Bertz CT molecular complexity index is 839. The minimum atomic E-state index is -0.576. The van der Waals surface area contributed by atoms with E-state index in [1.165, 1.54) is 0 Å². The van der Waals surface area contributed by atoms with Crippen molar-refractivity contribution in [2.75, 3.05) is 18.4 Å². The molecule has 1 saturated heterocycles. The lowest BCUT2D eigenvalue weighted by molar-refractivity contribution is -0.122. The van der Waals surface area contributed by atoms with Crippen LogP contribution in [0.3, 0.4) is 0 Å². The Morgan fingerprint density at radius 1 is 1.10 bits per heavy atom. The molecule has 3 rings (SSSR count). The summed E-state index contributed by atoms with van der Waals surface area (Å²) in [6.45, 7) is 7.73. The zero-order valence-electron chi connectivity index (χ0n) is 17.5. The Labute approximate surface area is 173 Å². The van der Waals surface area contributed by atoms with Crippen LogP contribution in [-0.4, -0.2) is 35.9 Å². The molecule has 0 spiro atoms. The van der Waals surface area contributed by atoms with E-state index in [9.17, 15) is 9.59 Å². The topological polar surface area (TPSA) is 58.6 Å². The van der Waals surface area contributed by atoms with Gasteiger partial charge in [0, 0.05) is 24.3 Å². The van der Waals surface area contributed by atoms with E-state index in [1.807, 2.05) is 43.0 Å².